The topological polar surface area (TPSA) is 52.6 Å². The van der Waals surface area contributed by atoms with E-state index in [1.807, 2.05) is 0 Å². The molecule has 2 fully saturated rings. The van der Waals surface area contributed by atoms with Gasteiger partial charge in [-0.25, -0.2) is 0 Å². The smallest absolute Gasteiger partial charge is 0.310 e. The van der Waals surface area contributed by atoms with Gasteiger partial charge in [-0.1, -0.05) is 52.4 Å². The Morgan fingerprint density at radius 2 is 1.50 bits per heavy atom. The van der Waals surface area contributed by atoms with E-state index in [1.54, 1.807) is 0 Å². The van der Waals surface area contributed by atoms with Gasteiger partial charge in [-0.3, -0.25) is 9.59 Å². The van der Waals surface area contributed by atoms with E-state index in [4.69, 9.17) is 9.47 Å². The third-order valence-electron chi connectivity index (χ3n) is 6.34. The monoisotopic (exact) mass is 366 g/mol. The maximum Gasteiger partial charge on any atom is 0.310 e. The summed E-state index contributed by atoms with van der Waals surface area (Å²) in [6, 6.07) is 0. The average molecular weight is 367 g/mol. The molecule has 0 amide bonds. The second-order valence-electron chi connectivity index (χ2n) is 8.24. The number of ether oxygens (including phenoxy) is 2. The van der Waals surface area contributed by atoms with Crippen molar-refractivity contribution in [3.05, 3.63) is 0 Å². The number of hydrogen-bond acceptors (Lipinski definition) is 4. The number of carbonyl (C=O) groups is 2. The largest absolute Gasteiger partial charge is 0.465 e. The lowest BCUT2D eigenvalue weighted by molar-refractivity contribution is -0.177. The molecule has 2 aliphatic carbocycles. The Morgan fingerprint density at radius 3 is 2.12 bits per heavy atom. The Bertz CT molecular complexity index is 439. The van der Waals surface area contributed by atoms with Gasteiger partial charge in [-0.2, -0.15) is 0 Å². The van der Waals surface area contributed by atoms with Crippen LogP contribution in [0.15, 0.2) is 0 Å². The van der Waals surface area contributed by atoms with Gasteiger partial charge in [0.15, 0.2) is 0 Å². The maximum absolute atomic E-state index is 12.9. The van der Waals surface area contributed by atoms with Crippen LogP contribution in [0.5, 0.6) is 0 Å². The van der Waals surface area contributed by atoms with E-state index in [1.165, 1.54) is 19.3 Å². The molecule has 2 rings (SSSR count). The lowest BCUT2D eigenvalue weighted by Gasteiger charge is -2.38. The van der Waals surface area contributed by atoms with Crippen molar-refractivity contribution in [2.45, 2.75) is 109 Å². The maximum atomic E-state index is 12.9. The first-order valence-corrected chi connectivity index (χ1v) is 11.0. The van der Waals surface area contributed by atoms with E-state index in [0.29, 0.717) is 6.61 Å². The van der Waals surface area contributed by atoms with Gasteiger partial charge in [0.05, 0.1) is 18.4 Å². The molecule has 150 valence electrons. The van der Waals surface area contributed by atoms with Crippen molar-refractivity contribution in [3.8, 4) is 0 Å². The Balaban J connectivity index is 1.89. The molecule has 0 aliphatic heterocycles. The van der Waals surface area contributed by atoms with E-state index in [-0.39, 0.29) is 29.4 Å². The molecule has 0 radical (unpaired) electrons. The third-order valence-corrected chi connectivity index (χ3v) is 6.34. The van der Waals surface area contributed by atoms with Gasteiger partial charge < -0.3 is 9.47 Å². The van der Waals surface area contributed by atoms with Crippen molar-refractivity contribution in [1.82, 2.24) is 0 Å². The van der Waals surface area contributed by atoms with Crippen molar-refractivity contribution in [2.75, 3.05) is 6.61 Å². The molecular weight excluding hydrogens is 328 g/mol. The Kier molecular flexibility index (Phi) is 8.94. The first kappa shape index (κ1) is 21.2. The molecule has 0 spiro atoms. The first-order chi connectivity index (χ1) is 12.6. The van der Waals surface area contributed by atoms with E-state index in [2.05, 4.69) is 13.8 Å². The molecular formula is C22H38O4. The zero-order valence-electron chi connectivity index (χ0n) is 16.9. The molecule has 26 heavy (non-hydrogen) atoms. The molecule has 2 atom stereocenters. The minimum absolute atomic E-state index is 0.151. The number of unbranched alkanes of at least 4 members (excludes halogenated alkanes) is 3. The van der Waals surface area contributed by atoms with Gasteiger partial charge >= 0.3 is 11.9 Å². The van der Waals surface area contributed by atoms with Crippen molar-refractivity contribution in [2.24, 2.45) is 11.8 Å². The van der Waals surface area contributed by atoms with Crippen LogP contribution in [0.25, 0.3) is 0 Å². The summed E-state index contributed by atoms with van der Waals surface area (Å²) in [5.74, 6) is -0.948. The summed E-state index contributed by atoms with van der Waals surface area (Å²) in [4.78, 5) is 25.5. The summed E-state index contributed by atoms with van der Waals surface area (Å²) < 4.78 is 11.6. The third kappa shape index (κ3) is 5.99. The molecule has 0 aromatic carbocycles. The molecule has 0 bridgehead atoms. The van der Waals surface area contributed by atoms with E-state index < -0.39 is 0 Å². The van der Waals surface area contributed by atoms with Gasteiger partial charge in [-0.15, -0.1) is 0 Å². The fraction of sp³-hybridized carbons (Fsp3) is 0.909. The highest BCUT2D eigenvalue weighted by atomic mass is 16.6. The van der Waals surface area contributed by atoms with Crippen LogP contribution >= 0.6 is 0 Å². The lowest BCUT2D eigenvalue weighted by Crippen LogP contribution is -2.42. The molecule has 2 aliphatic rings. The lowest BCUT2D eigenvalue weighted by atomic mass is 9.78. The highest BCUT2D eigenvalue weighted by molar-refractivity contribution is 5.82. The number of esters is 2. The Morgan fingerprint density at radius 1 is 0.846 bits per heavy atom. The van der Waals surface area contributed by atoms with Gasteiger partial charge in [0.25, 0.3) is 0 Å². The Hall–Kier alpha value is -1.06. The van der Waals surface area contributed by atoms with Crippen LogP contribution < -0.4 is 0 Å². The molecule has 4 heteroatoms. The van der Waals surface area contributed by atoms with Crippen LogP contribution in [-0.2, 0) is 19.1 Å². The van der Waals surface area contributed by atoms with Gasteiger partial charge in [0.2, 0.25) is 0 Å². The predicted molar refractivity (Wildman–Crippen MR) is 103 cm³/mol. The summed E-state index contributed by atoms with van der Waals surface area (Å²) in [5.41, 5.74) is -0.290. The fourth-order valence-electron chi connectivity index (χ4n) is 4.52. The van der Waals surface area contributed by atoms with Crippen molar-refractivity contribution >= 4 is 11.9 Å². The van der Waals surface area contributed by atoms with E-state index >= 15 is 0 Å². The van der Waals surface area contributed by atoms with Crippen molar-refractivity contribution in [3.63, 3.8) is 0 Å². The molecule has 4 nitrogen and oxygen atoms in total. The predicted octanol–water partition coefficient (Wildman–Crippen LogP) is 5.57. The zero-order valence-corrected chi connectivity index (χ0v) is 16.9. The van der Waals surface area contributed by atoms with Gasteiger partial charge in [-0.05, 0) is 51.4 Å². The summed E-state index contributed by atoms with van der Waals surface area (Å²) in [7, 11) is 0. The van der Waals surface area contributed by atoms with Crippen LogP contribution in [0, 0.1) is 11.8 Å². The molecule has 0 N–H and O–H groups in total. The second kappa shape index (κ2) is 10.9. The summed E-state index contributed by atoms with van der Waals surface area (Å²) >= 11 is 0. The molecule has 0 aromatic heterocycles. The molecule has 0 heterocycles. The minimum atomic E-state index is -0.308. The van der Waals surface area contributed by atoms with E-state index in [0.717, 1.165) is 70.6 Å². The molecule has 0 aromatic rings. The summed E-state index contributed by atoms with van der Waals surface area (Å²) in [5, 5.41) is 0. The number of hydrogen-bond donors (Lipinski definition) is 0. The van der Waals surface area contributed by atoms with Crippen LogP contribution in [0.1, 0.15) is 104 Å². The first-order valence-electron chi connectivity index (χ1n) is 11.0. The highest BCUT2D eigenvalue weighted by Crippen LogP contribution is 2.38. The van der Waals surface area contributed by atoms with Gasteiger partial charge in [0.1, 0.15) is 5.60 Å². The van der Waals surface area contributed by atoms with Crippen molar-refractivity contribution in [1.29, 1.82) is 0 Å². The van der Waals surface area contributed by atoms with Gasteiger partial charge in [0, 0.05) is 0 Å². The van der Waals surface area contributed by atoms with Crippen LogP contribution in [0.2, 0.25) is 0 Å². The van der Waals surface area contributed by atoms with Crippen LogP contribution in [0.4, 0.5) is 0 Å². The number of carbonyl (C=O) groups excluding carboxylic acids is 2. The minimum Gasteiger partial charge on any atom is -0.465 e. The normalized spacial score (nSPS) is 25.5. The highest BCUT2D eigenvalue weighted by Gasteiger charge is 2.42. The zero-order chi connectivity index (χ0) is 18.8. The molecule has 2 saturated carbocycles. The van der Waals surface area contributed by atoms with E-state index in [9.17, 15) is 9.59 Å². The second-order valence-corrected chi connectivity index (χ2v) is 8.24. The SMILES string of the molecule is CCCCCCOC(=O)C1CCCCC1C(=O)OC1(CC)CCCCC1. The van der Waals surface area contributed by atoms with Crippen LogP contribution in [-0.4, -0.2) is 24.1 Å². The average Bonchev–Trinajstić information content (AvgIpc) is 2.68. The molecule has 2 unspecified atom stereocenters. The summed E-state index contributed by atoms with van der Waals surface area (Å²) in [6.07, 6.45) is 14.2. The standard InChI is InChI=1S/C22H38O4/c1-3-5-6-12-17-25-20(23)18-13-8-9-14-19(18)21(24)26-22(4-2)15-10-7-11-16-22/h18-19H,3-17H2,1-2H3. The Labute approximate surface area is 159 Å². The molecule has 0 saturated heterocycles. The number of rotatable bonds is 9. The van der Waals surface area contributed by atoms with Crippen molar-refractivity contribution < 1.29 is 19.1 Å². The van der Waals surface area contributed by atoms with Crippen LogP contribution in [0.3, 0.4) is 0 Å². The summed E-state index contributed by atoms with van der Waals surface area (Å²) in [6.45, 7) is 4.76. The fourth-order valence-corrected chi connectivity index (χ4v) is 4.52. The quantitative estimate of drug-likeness (QED) is 0.395.